The van der Waals surface area contributed by atoms with Crippen LogP contribution in [0.5, 0.6) is 0 Å². The Morgan fingerprint density at radius 1 is 1.13 bits per heavy atom. The molecule has 2 rings (SSSR count). The van der Waals surface area contributed by atoms with Crippen molar-refractivity contribution in [3.8, 4) is 0 Å². The second-order valence-corrected chi connectivity index (χ2v) is 8.13. The van der Waals surface area contributed by atoms with Crippen LogP contribution in [0.15, 0.2) is 90.6 Å². The first-order valence-corrected chi connectivity index (χ1v) is 12.0. The fraction of sp³-hybridized carbons (Fsp3) is 0.400. The van der Waals surface area contributed by atoms with Gasteiger partial charge in [0, 0.05) is 5.88 Å². The molecule has 0 nitrogen and oxygen atoms in total. The number of rotatable bonds is 8. The topological polar surface area (TPSA) is 0 Å². The van der Waals surface area contributed by atoms with E-state index in [1.165, 1.54) is 36.0 Å². The van der Waals surface area contributed by atoms with Gasteiger partial charge in [-0.3, -0.25) is 0 Å². The van der Waals surface area contributed by atoms with Gasteiger partial charge in [0.15, 0.2) is 0 Å². The predicted octanol–water partition coefficient (Wildman–Crippen LogP) is 9.37. The maximum atomic E-state index is 5.81. The summed E-state index contributed by atoms with van der Waals surface area (Å²) in [5.41, 5.74) is 9.19. The molecule has 170 valence electrons. The molecule has 0 radical (unpaired) electrons. The molecule has 31 heavy (non-hydrogen) atoms. The molecule has 0 spiro atoms. The van der Waals surface area contributed by atoms with E-state index in [1.807, 2.05) is 39.8 Å². The number of aryl methyl sites for hydroxylation is 2. The van der Waals surface area contributed by atoms with Crippen molar-refractivity contribution in [2.45, 2.75) is 67.2 Å². The Morgan fingerprint density at radius 2 is 1.77 bits per heavy atom. The third kappa shape index (κ3) is 11.2. The first-order chi connectivity index (χ1) is 14.8. The van der Waals surface area contributed by atoms with Crippen LogP contribution in [-0.4, -0.2) is 5.88 Å². The number of halogens is 1. The standard InChI is InChI=1S/C15H19Cl.C13H18.C2H6/c1-11(12(2)10-16)8-13-6-7-14-4-3-5-15(14)9-13;1-6-8-9-13(7-2)12(5)10-11(3)4;1-2/h6-7,9,11H,2-5,8,10H2,1H3;6-10H,1,3H2,2,4-5H3;1-2H3/b;9-8-,12-10-,13-7-;. The van der Waals surface area contributed by atoms with Crippen molar-refractivity contribution in [3.63, 3.8) is 0 Å². The van der Waals surface area contributed by atoms with E-state index >= 15 is 0 Å². The first kappa shape index (κ1) is 28.9. The monoisotopic (exact) mass is 438 g/mol. The summed E-state index contributed by atoms with van der Waals surface area (Å²) in [7, 11) is 0. The van der Waals surface area contributed by atoms with Gasteiger partial charge in [0.1, 0.15) is 0 Å². The van der Waals surface area contributed by atoms with E-state index in [2.05, 4.69) is 63.9 Å². The molecule has 1 unspecified atom stereocenters. The number of fused-ring (bicyclic) bond motifs is 1. The van der Waals surface area contributed by atoms with E-state index in [0.29, 0.717) is 11.8 Å². The summed E-state index contributed by atoms with van der Waals surface area (Å²) in [6.45, 7) is 23.8. The highest BCUT2D eigenvalue weighted by Gasteiger charge is 2.12. The zero-order chi connectivity index (χ0) is 23.8. The van der Waals surface area contributed by atoms with Gasteiger partial charge in [0.2, 0.25) is 0 Å². The summed E-state index contributed by atoms with van der Waals surface area (Å²) in [6, 6.07) is 6.94. The van der Waals surface area contributed by atoms with Crippen LogP contribution in [0, 0.1) is 5.92 Å². The predicted molar refractivity (Wildman–Crippen MR) is 144 cm³/mol. The third-order valence-corrected chi connectivity index (χ3v) is 5.56. The summed E-state index contributed by atoms with van der Waals surface area (Å²) in [5.74, 6) is 1.06. The second-order valence-electron chi connectivity index (χ2n) is 7.87. The quantitative estimate of drug-likeness (QED) is 0.215. The summed E-state index contributed by atoms with van der Waals surface area (Å²) in [5, 5.41) is 0. The molecule has 1 aliphatic rings. The molecule has 0 N–H and O–H groups in total. The lowest BCUT2D eigenvalue weighted by Gasteiger charge is -2.13. The highest BCUT2D eigenvalue weighted by Crippen LogP contribution is 2.25. The van der Waals surface area contributed by atoms with Gasteiger partial charge in [-0.1, -0.05) is 100 Å². The number of benzene rings is 1. The molecule has 0 aromatic heterocycles. The Hall–Kier alpha value is -2.05. The normalized spacial score (nSPS) is 14.0. The van der Waals surface area contributed by atoms with Crippen LogP contribution in [0.2, 0.25) is 0 Å². The molecule has 0 fully saturated rings. The Morgan fingerprint density at radius 3 is 2.32 bits per heavy atom. The van der Waals surface area contributed by atoms with Gasteiger partial charge in [-0.25, -0.2) is 0 Å². The number of hydrogen-bond donors (Lipinski definition) is 0. The van der Waals surface area contributed by atoms with Crippen molar-refractivity contribution >= 4 is 11.6 Å². The van der Waals surface area contributed by atoms with Gasteiger partial charge in [0.05, 0.1) is 0 Å². The minimum atomic E-state index is 0.483. The molecule has 0 amide bonds. The molecule has 0 saturated carbocycles. The molecule has 1 aromatic rings. The van der Waals surface area contributed by atoms with Crippen LogP contribution < -0.4 is 0 Å². The van der Waals surface area contributed by atoms with Gasteiger partial charge in [-0.05, 0) is 80.2 Å². The van der Waals surface area contributed by atoms with E-state index in [1.54, 1.807) is 17.2 Å². The lowest BCUT2D eigenvalue weighted by Crippen LogP contribution is -2.04. The zero-order valence-electron chi connectivity index (χ0n) is 20.7. The van der Waals surface area contributed by atoms with Crippen LogP contribution in [-0.2, 0) is 19.3 Å². The number of alkyl halides is 1. The SMILES string of the molecule is C=C(CCl)C(C)Cc1ccc2c(c1)CCC2.C=C\C=C/C(=C/C)C(/C)=C\C(=C)C.CC. The average Bonchev–Trinajstić information content (AvgIpc) is 3.23. The molecule has 0 saturated heterocycles. The zero-order valence-corrected chi connectivity index (χ0v) is 21.5. The van der Waals surface area contributed by atoms with Gasteiger partial charge in [0.25, 0.3) is 0 Å². The molecule has 1 aliphatic carbocycles. The van der Waals surface area contributed by atoms with Gasteiger partial charge >= 0.3 is 0 Å². The average molecular weight is 439 g/mol. The smallest absolute Gasteiger partial charge is 0.0433 e. The Balaban J connectivity index is 0.000000550. The fourth-order valence-electron chi connectivity index (χ4n) is 3.46. The maximum absolute atomic E-state index is 5.81. The van der Waals surface area contributed by atoms with Gasteiger partial charge in [-0.2, -0.15) is 0 Å². The van der Waals surface area contributed by atoms with Crippen LogP contribution in [0.3, 0.4) is 0 Å². The van der Waals surface area contributed by atoms with Crippen LogP contribution in [0.25, 0.3) is 0 Å². The summed E-state index contributed by atoms with van der Waals surface area (Å²) in [4.78, 5) is 0. The minimum Gasteiger partial charge on any atom is -0.122 e. The summed E-state index contributed by atoms with van der Waals surface area (Å²) in [6.07, 6.45) is 14.8. The van der Waals surface area contributed by atoms with Gasteiger partial charge in [-0.15, -0.1) is 11.6 Å². The molecule has 0 bridgehead atoms. The van der Waals surface area contributed by atoms with Crippen molar-refractivity contribution in [1.82, 2.24) is 0 Å². The van der Waals surface area contributed by atoms with Crippen LogP contribution in [0.1, 0.15) is 64.7 Å². The molecule has 0 aliphatic heterocycles. The summed E-state index contributed by atoms with van der Waals surface area (Å²) < 4.78 is 0. The van der Waals surface area contributed by atoms with E-state index in [-0.39, 0.29) is 0 Å². The second kappa shape index (κ2) is 16.6. The van der Waals surface area contributed by atoms with Crippen molar-refractivity contribution in [3.05, 3.63) is 107 Å². The number of hydrogen-bond acceptors (Lipinski definition) is 0. The molecule has 1 heteroatoms. The summed E-state index contributed by atoms with van der Waals surface area (Å²) >= 11 is 5.81. The van der Waals surface area contributed by atoms with E-state index in [4.69, 9.17) is 11.6 Å². The largest absolute Gasteiger partial charge is 0.122 e. The molecule has 1 atom stereocenters. The highest BCUT2D eigenvalue weighted by molar-refractivity contribution is 6.19. The molecular formula is C30H43Cl. The maximum Gasteiger partial charge on any atom is 0.0433 e. The Kier molecular flexibility index (Phi) is 15.5. The van der Waals surface area contributed by atoms with Crippen LogP contribution in [0.4, 0.5) is 0 Å². The van der Waals surface area contributed by atoms with Crippen molar-refractivity contribution < 1.29 is 0 Å². The van der Waals surface area contributed by atoms with Crippen molar-refractivity contribution in [2.75, 3.05) is 5.88 Å². The lowest BCUT2D eigenvalue weighted by molar-refractivity contribution is 0.681. The Bertz CT molecular complexity index is 802. The van der Waals surface area contributed by atoms with E-state index in [9.17, 15) is 0 Å². The minimum absolute atomic E-state index is 0.483. The number of allylic oxidation sites excluding steroid dienone is 9. The fourth-order valence-corrected chi connectivity index (χ4v) is 3.73. The van der Waals surface area contributed by atoms with E-state index < -0.39 is 0 Å². The Labute approximate surface area is 197 Å². The van der Waals surface area contributed by atoms with Crippen molar-refractivity contribution in [1.29, 1.82) is 0 Å². The molecule has 1 aromatic carbocycles. The van der Waals surface area contributed by atoms with Gasteiger partial charge < -0.3 is 0 Å². The lowest BCUT2D eigenvalue weighted by atomic mass is 9.94. The van der Waals surface area contributed by atoms with Crippen molar-refractivity contribution in [2.24, 2.45) is 5.92 Å². The molecular weight excluding hydrogens is 396 g/mol. The van der Waals surface area contributed by atoms with Crippen LogP contribution >= 0.6 is 11.6 Å². The van der Waals surface area contributed by atoms with E-state index in [0.717, 1.165) is 17.6 Å². The molecule has 0 heterocycles. The highest BCUT2D eigenvalue weighted by atomic mass is 35.5. The first-order valence-electron chi connectivity index (χ1n) is 11.5. The third-order valence-electron chi connectivity index (χ3n) is 5.21.